The number of nitrogens with zero attached hydrogens (tertiary/aromatic N) is 3. The number of hydrogen-bond donors (Lipinski definition) is 0. The van der Waals surface area contributed by atoms with Gasteiger partial charge in [0.1, 0.15) is 0 Å². The summed E-state index contributed by atoms with van der Waals surface area (Å²) in [5.74, 6) is 0. The maximum atomic E-state index is 13.2. The molecule has 1 aliphatic heterocycles. The lowest BCUT2D eigenvalue weighted by atomic mass is 10.1. The van der Waals surface area contributed by atoms with Crippen molar-refractivity contribution >= 4 is 19.2 Å². The van der Waals surface area contributed by atoms with E-state index in [9.17, 15) is 8.63 Å². The van der Waals surface area contributed by atoms with Crippen LogP contribution in [0.25, 0.3) is 5.57 Å². The zero-order valence-electron chi connectivity index (χ0n) is 13.9. The van der Waals surface area contributed by atoms with Gasteiger partial charge in [0.05, 0.1) is 5.70 Å². The summed E-state index contributed by atoms with van der Waals surface area (Å²) in [5, 5.41) is 0. The first-order valence-electron chi connectivity index (χ1n) is 7.77. The van der Waals surface area contributed by atoms with Crippen molar-refractivity contribution in [2.75, 3.05) is 0 Å². The molecule has 1 aromatic heterocycles. The standard InChI is InChI=1S/C17H22BF2N3/c1-13(2)22(14(3)4)12-9-15(16-7-5-10-21-16)17-8-6-11-23(17)18(19)20/h5-14H,1-4H3/b12-9+,16-15-. The van der Waals surface area contributed by atoms with Crippen molar-refractivity contribution in [3.63, 3.8) is 0 Å². The molecule has 0 aromatic carbocycles. The van der Waals surface area contributed by atoms with Crippen LogP contribution in [-0.4, -0.2) is 35.1 Å². The van der Waals surface area contributed by atoms with Gasteiger partial charge in [0.15, 0.2) is 0 Å². The van der Waals surface area contributed by atoms with Crippen molar-refractivity contribution in [3.8, 4) is 0 Å². The van der Waals surface area contributed by atoms with E-state index >= 15 is 0 Å². The fourth-order valence-electron chi connectivity index (χ4n) is 2.66. The van der Waals surface area contributed by atoms with Crippen LogP contribution in [0.5, 0.6) is 0 Å². The lowest BCUT2D eigenvalue weighted by Crippen LogP contribution is -2.31. The fraction of sp³-hybridized carbons (Fsp3) is 0.353. The van der Waals surface area contributed by atoms with E-state index in [0.29, 0.717) is 29.0 Å². The summed E-state index contributed by atoms with van der Waals surface area (Å²) in [7, 11) is -2.58. The van der Waals surface area contributed by atoms with E-state index in [4.69, 9.17) is 0 Å². The molecule has 0 saturated carbocycles. The summed E-state index contributed by atoms with van der Waals surface area (Å²) in [6, 6.07) is 3.96. The summed E-state index contributed by atoms with van der Waals surface area (Å²) in [4.78, 5) is 6.45. The van der Waals surface area contributed by atoms with Crippen LogP contribution in [0, 0.1) is 0 Å². The molecule has 0 spiro atoms. The van der Waals surface area contributed by atoms with Gasteiger partial charge in [-0.25, -0.2) is 0 Å². The fourth-order valence-corrected chi connectivity index (χ4v) is 2.66. The summed E-state index contributed by atoms with van der Waals surface area (Å²) >= 11 is 0. The van der Waals surface area contributed by atoms with Crippen LogP contribution in [-0.2, 0) is 0 Å². The lowest BCUT2D eigenvalue weighted by molar-refractivity contribution is 0.256. The molecule has 0 bridgehead atoms. The molecule has 122 valence electrons. The molecule has 0 unspecified atom stereocenters. The van der Waals surface area contributed by atoms with Crippen molar-refractivity contribution < 1.29 is 8.63 Å². The minimum absolute atomic E-state index is 0.321. The zero-order chi connectivity index (χ0) is 17.0. The normalized spacial score (nSPS) is 16.2. The third-order valence-electron chi connectivity index (χ3n) is 3.70. The van der Waals surface area contributed by atoms with Gasteiger partial charge in [-0.15, -0.1) is 0 Å². The second kappa shape index (κ2) is 7.44. The molecule has 1 aliphatic rings. The Kier molecular flexibility index (Phi) is 5.58. The highest BCUT2D eigenvalue weighted by atomic mass is 19.2. The predicted molar refractivity (Wildman–Crippen MR) is 93.6 cm³/mol. The van der Waals surface area contributed by atoms with E-state index in [1.807, 2.05) is 24.4 Å². The van der Waals surface area contributed by atoms with Gasteiger partial charge in [-0.05, 0) is 64.3 Å². The second-order valence-corrected chi connectivity index (χ2v) is 5.97. The Bertz CT molecular complexity index is 633. The van der Waals surface area contributed by atoms with Gasteiger partial charge in [0.2, 0.25) is 0 Å². The molecule has 0 atom stereocenters. The number of allylic oxidation sites excluding steroid dienone is 4. The van der Waals surface area contributed by atoms with Gasteiger partial charge in [-0.2, -0.15) is 0 Å². The number of aromatic nitrogens is 1. The van der Waals surface area contributed by atoms with Gasteiger partial charge in [0, 0.05) is 35.8 Å². The molecule has 0 N–H and O–H groups in total. The smallest absolute Gasteiger partial charge is 0.373 e. The zero-order valence-corrected chi connectivity index (χ0v) is 13.9. The van der Waals surface area contributed by atoms with Crippen molar-refractivity contribution in [1.29, 1.82) is 0 Å². The molecule has 6 heteroatoms. The maximum Gasteiger partial charge on any atom is 0.677 e. The molecule has 2 heterocycles. The van der Waals surface area contributed by atoms with Crippen LogP contribution < -0.4 is 0 Å². The molecule has 0 amide bonds. The summed E-state index contributed by atoms with van der Waals surface area (Å²) in [6.45, 7) is 8.42. The third-order valence-corrected chi connectivity index (χ3v) is 3.70. The molecule has 2 rings (SSSR count). The Morgan fingerprint density at radius 1 is 1.26 bits per heavy atom. The van der Waals surface area contributed by atoms with Crippen LogP contribution in [0.3, 0.4) is 0 Å². The monoisotopic (exact) mass is 317 g/mol. The molecule has 0 saturated heterocycles. The Labute approximate surface area is 136 Å². The average Bonchev–Trinajstić information content (AvgIpc) is 3.13. The highest BCUT2D eigenvalue weighted by molar-refractivity contribution is 6.41. The Hall–Kier alpha value is -2.11. The SMILES string of the molecule is CC(C)N(/C=C/C(=C1\C=CC=N1)c1cccn1B(F)F)C(C)C. The molecule has 0 radical (unpaired) electrons. The van der Waals surface area contributed by atoms with Crippen LogP contribution in [0.4, 0.5) is 8.63 Å². The highest BCUT2D eigenvalue weighted by Crippen LogP contribution is 2.26. The van der Waals surface area contributed by atoms with Crippen LogP contribution in [0.2, 0.25) is 0 Å². The molecule has 0 fully saturated rings. The van der Waals surface area contributed by atoms with E-state index in [1.165, 1.54) is 6.20 Å². The minimum atomic E-state index is -2.58. The van der Waals surface area contributed by atoms with E-state index in [0.717, 1.165) is 4.48 Å². The van der Waals surface area contributed by atoms with Crippen LogP contribution in [0.1, 0.15) is 33.4 Å². The van der Waals surface area contributed by atoms with Crippen molar-refractivity contribution in [3.05, 3.63) is 54.1 Å². The Morgan fingerprint density at radius 2 is 1.96 bits per heavy atom. The summed E-state index contributed by atoms with van der Waals surface area (Å²) in [6.07, 6.45) is 10.5. The van der Waals surface area contributed by atoms with Gasteiger partial charge < -0.3 is 9.38 Å². The van der Waals surface area contributed by atoms with Gasteiger partial charge in [0.25, 0.3) is 0 Å². The van der Waals surface area contributed by atoms with Crippen LogP contribution >= 0.6 is 0 Å². The molecule has 0 aliphatic carbocycles. The van der Waals surface area contributed by atoms with E-state index in [2.05, 4.69) is 37.6 Å². The quantitative estimate of drug-likeness (QED) is 0.719. The number of aliphatic imine (C=N–C) groups is 1. The molecule has 23 heavy (non-hydrogen) atoms. The second-order valence-electron chi connectivity index (χ2n) is 5.97. The molecule has 3 nitrogen and oxygen atoms in total. The molecule has 1 aromatic rings. The first-order chi connectivity index (χ1) is 10.9. The van der Waals surface area contributed by atoms with E-state index in [-0.39, 0.29) is 0 Å². The largest absolute Gasteiger partial charge is 0.677 e. The highest BCUT2D eigenvalue weighted by Gasteiger charge is 2.22. The van der Waals surface area contributed by atoms with E-state index < -0.39 is 7.40 Å². The lowest BCUT2D eigenvalue weighted by Gasteiger charge is -2.29. The van der Waals surface area contributed by atoms with Gasteiger partial charge in [-0.3, -0.25) is 13.6 Å². The van der Waals surface area contributed by atoms with Crippen molar-refractivity contribution in [2.45, 2.75) is 39.8 Å². The Balaban J connectivity index is 2.45. The first-order valence-corrected chi connectivity index (χ1v) is 7.77. The maximum absolute atomic E-state index is 13.2. The first kappa shape index (κ1) is 17.3. The van der Waals surface area contributed by atoms with Crippen LogP contribution in [0.15, 0.2) is 53.4 Å². The van der Waals surface area contributed by atoms with Gasteiger partial charge >= 0.3 is 7.40 Å². The average molecular weight is 317 g/mol. The van der Waals surface area contributed by atoms with Crippen molar-refractivity contribution in [1.82, 2.24) is 9.38 Å². The van der Waals surface area contributed by atoms with Crippen molar-refractivity contribution in [2.24, 2.45) is 4.99 Å². The number of hydrogen-bond acceptors (Lipinski definition) is 2. The summed E-state index contributed by atoms with van der Waals surface area (Å²) < 4.78 is 27.4. The molecular weight excluding hydrogens is 295 g/mol. The molecular formula is C17H22BF2N3. The minimum Gasteiger partial charge on any atom is -0.373 e. The van der Waals surface area contributed by atoms with E-state index in [1.54, 1.807) is 18.3 Å². The number of rotatable bonds is 6. The topological polar surface area (TPSA) is 20.5 Å². The van der Waals surface area contributed by atoms with Gasteiger partial charge in [-0.1, -0.05) is 0 Å². The Morgan fingerprint density at radius 3 is 2.48 bits per heavy atom. The predicted octanol–water partition coefficient (Wildman–Crippen LogP) is 4.24. The number of halogens is 2. The summed E-state index contributed by atoms with van der Waals surface area (Å²) in [5.41, 5.74) is 1.84. The third kappa shape index (κ3) is 4.00.